The van der Waals surface area contributed by atoms with Crippen LogP contribution in [0.25, 0.3) is 0 Å². The third-order valence-corrected chi connectivity index (χ3v) is 2.83. The van der Waals surface area contributed by atoms with Gasteiger partial charge in [-0.2, -0.15) is 0 Å². The molecule has 4 N–H and O–H groups in total. The number of methoxy groups -OCH3 is 1. The summed E-state index contributed by atoms with van der Waals surface area (Å²) in [6.07, 6.45) is -0.550. The van der Waals surface area contributed by atoms with E-state index in [1.165, 1.54) is 7.11 Å². The molecule has 6 nitrogen and oxygen atoms in total. The number of carbonyl (C=O) groups excluding carboxylic acids is 1. The lowest BCUT2D eigenvalue weighted by Gasteiger charge is -2.30. The average Bonchev–Trinajstić information content (AvgIpc) is 2.26. The highest BCUT2D eigenvalue weighted by molar-refractivity contribution is 5.78. The summed E-state index contributed by atoms with van der Waals surface area (Å²) in [5, 5.41) is 9.55. The first-order valence-electron chi connectivity index (χ1n) is 5.31. The van der Waals surface area contributed by atoms with Crippen LogP contribution in [0.2, 0.25) is 0 Å². The van der Waals surface area contributed by atoms with Gasteiger partial charge in [-0.1, -0.05) is 6.92 Å². The van der Waals surface area contributed by atoms with Crippen molar-refractivity contribution in [3.8, 4) is 0 Å². The Morgan fingerprint density at radius 3 is 2.56 bits per heavy atom. The molecule has 0 aliphatic carbocycles. The van der Waals surface area contributed by atoms with Gasteiger partial charge in [-0.3, -0.25) is 10.2 Å². The van der Waals surface area contributed by atoms with Gasteiger partial charge in [0.1, 0.15) is 0 Å². The maximum atomic E-state index is 11.3. The summed E-state index contributed by atoms with van der Waals surface area (Å²) in [4.78, 5) is 13.2. The predicted octanol–water partition coefficient (Wildman–Crippen LogP) is -1.06. The molecule has 0 aromatic carbocycles. The van der Waals surface area contributed by atoms with Crippen LogP contribution >= 0.6 is 0 Å². The zero-order valence-corrected chi connectivity index (χ0v) is 10.4. The predicted molar refractivity (Wildman–Crippen MR) is 61.5 cm³/mol. The van der Waals surface area contributed by atoms with Gasteiger partial charge in [-0.05, 0) is 14.0 Å². The fraction of sp³-hybridized carbons (Fsp3) is 0.900. The van der Waals surface area contributed by atoms with E-state index >= 15 is 0 Å². The van der Waals surface area contributed by atoms with Gasteiger partial charge in [0.15, 0.2) is 0 Å². The van der Waals surface area contributed by atoms with Crippen LogP contribution in [0, 0.1) is 5.92 Å². The van der Waals surface area contributed by atoms with Crippen molar-refractivity contribution in [1.29, 1.82) is 0 Å². The summed E-state index contributed by atoms with van der Waals surface area (Å²) in [5.74, 6) is 4.63. The lowest BCUT2D eigenvalue weighted by molar-refractivity contribution is -0.126. The zero-order valence-electron chi connectivity index (χ0n) is 10.4. The lowest BCUT2D eigenvalue weighted by Crippen LogP contribution is -2.47. The molecule has 3 unspecified atom stereocenters. The van der Waals surface area contributed by atoms with Crippen molar-refractivity contribution in [2.45, 2.75) is 26.0 Å². The van der Waals surface area contributed by atoms with Gasteiger partial charge in [0.05, 0.1) is 18.6 Å². The molecule has 96 valence electrons. The number of aliphatic hydroxyl groups excluding tert-OH is 1. The highest BCUT2D eigenvalue weighted by Crippen LogP contribution is 2.09. The molecule has 16 heavy (non-hydrogen) atoms. The molecular weight excluding hydrogens is 210 g/mol. The number of rotatable bonds is 7. The van der Waals surface area contributed by atoms with Crippen LogP contribution in [0.15, 0.2) is 0 Å². The molecule has 0 heterocycles. The number of nitrogens with two attached hydrogens (primary N) is 1. The number of likely N-dealkylation sites (N-methyl/N-ethyl adjacent to an activating group) is 1. The van der Waals surface area contributed by atoms with Gasteiger partial charge in [0, 0.05) is 19.7 Å². The van der Waals surface area contributed by atoms with E-state index in [4.69, 9.17) is 10.6 Å². The van der Waals surface area contributed by atoms with Crippen LogP contribution in [-0.2, 0) is 9.53 Å². The molecule has 0 aliphatic heterocycles. The minimum absolute atomic E-state index is 0.00458. The molecule has 0 rings (SSSR count). The highest BCUT2D eigenvalue weighted by atomic mass is 16.5. The number of hydrazine groups is 1. The molecule has 0 aromatic heterocycles. The number of nitrogens with one attached hydrogen (secondary N) is 1. The molecule has 0 saturated carbocycles. The standard InChI is InChI=1S/C10H23N3O3/c1-7(10(15)12-11)8(2)13(3)5-9(14)6-16-4/h7-9,14H,5-6,11H2,1-4H3,(H,12,15). The quantitative estimate of drug-likeness (QED) is 0.296. The van der Waals surface area contributed by atoms with E-state index in [1.807, 2.05) is 18.9 Å². The highest BCUT2D eigenvalue weighted by Gasteiger charge is 2.24. The van der Waals surface area contributed by atoms with E-state index in [-0.39, 0.29) is 24.5 Å². The van der Waals surface area contributed by atoms with Crippen LogP contribution in [0.4, 0.5) is 0 Å². The lowest BCUT2D eigenvalue weighted by atomic mass is 10.0. The summed E-state index contributed by atoms with van der Waals surface area (Å²) in [7, 11) is 3.39. The van der Waals surface area contributed by atoms with Crippen molar-refractivity contribution in [2.24, 2.45) is 11.8 Å². The molecule has 0 spiro atoms. The first kappa shape index (κ1) is 15.3. The van der Waals surface area contributed by atoms with Gasteiger partial charge < -0.3 is 14.7 Å². The normalized spacial score (nSPS) is 16.9. The Morgan fingerprint density at radius 1 is 1.56 bits per heavy atom. The summed E-state index contributed by atoms with van der Waals surface area (Å²) in [5.41, 5.74) is 2.13. The van der Waals surface area contributed by atoms with E-state index in [1.54, 1.807) is 6.92 Å². The van der Waals surface area contributed by atoms with E-state index in [0.717, 1.165) is 0 Å². The van der Waals surface area contributed by atoms with Gasteiger partial charge in [-0.15, -0.1) is 0 Å². The average molecular weight is 233 g/mol. The smallest absolute Gasteiger partial charge is 0.238 e. The summed E-state index contributed by atoms with van der Waals surface area (Å²) < 4.78 is 4.84. The van der Waals surface area contributed by atoms with Crippen molar-refractivity contribution in [3.63, 3.8) is 0 Å². The minimum atomic E-state index is -0.550. The largest absolute Gasteiger partial charge is 0.389 e. The number of hydrogen-bond donors (Lipinski definition) is 3. The molecular formula is C10H23N3O3. The van der Waals surface area contributed by atoms with Crippen molar-refractivity contribution >= 4 is 5.91 Å². The third kappa shape index (κ3) is 4.89. The second kappa shape index (κ2) is 7.56. The Balaban J connectivity index is 4.16. The molecule has 0 bridgehead atoms. The van der Waals surface area contributed by atoms with E-state index in [2.05, 4.69) is 5.43 Å². The second-order valence-corrected chi connectivity index (χ2v) is 4.09. The van der Waals surface area contributed by atoms with Crippen molar-refractivity contribution in [1.82, 2.24) is 10.3 Å². The summed E-state index contributed by atoms with van der Waals surface area (Å²) in [6.45, 7) is 4.46. The van der Waals surface area contributed by atoms with Gasteiger partial charge >= 0.3 is 0 Å². The number of carbonyl (C=O) groups is 1. The van der Waals surface area contributed by atoms with E-state index in [9.17, 15) is 9.90 Å². The second-order valence-electron chi connectivity index (χ2n) is 4.09. The molecule has 6 heteroatoms. The third-order valence-electron chi connectivity index (χ3n) is 2.83. The summed E-state index contributed by atoms with van der Waals surface area (Å²) >= 11 is 0. The molecule has 0 fully saturated rings. The zero-order chi connectivity index (χ0) is 12.7. The minimum Gasteiger partial charge on any atom is -0.389 e. The Morgan fingerprint density at radius 2 is 2.12 bits per heavy atom. The number of hydrogen-bond acceptors (Lipinski definition) is 5. The first-order chi connectivity index (χ1) is 7.43. The molecule has 0 aliphatic rings. The Labute approximate surface area is 96.7 Å². The Kier molecular flexibility index (Phi) is 7.24. The molecule has 0 saturated heterocycles. The number of amides is 1. The van der Waals surface area contributed by atoms with Gasteiger partial charge in [-0.25, -0.2) is 5.84 Å². The number of aliphatic hydroxyl groups is 1. The van der Waals surface area contributed by atoms with Crippen molar-refractivity contribution in [3.05, 3.63) is 0 Å². The maximum Gasteiger partial charge on any atom is 0.238 e. The van der Waals surface area contributed by atoms with Crippen molar-refractivity contribution in [2.75, 3.05) is 27.3 Å². The van der Waals surface area contributed by atoms with Crippen LogP contribution in [0.3, 0.4) is 0 Å². The number of ether oxygens (including phenoxy) is 1. The van der Waals surface area contributed by atoms with Crippen molar-refractivity contribution < 1.29 is 14.6 Å². The van der Waals surface area contributed by atoms with Crippen LogP contribution < -0.4 is 11.3 Å². The first-order valence-corrected chi connectivity index (χ1v) is 5.31. The monoisotopic (exact) mass is 233 g/mol. The topological polar surface area (TPSA) is 87.8 Å². The summed E-state index contributed by atoms with van der Waals surface area (Å²) in [6, 6.07) is -0.00458. The van der Waals surface area contributed by atoms with Crippen LogP contribution in [-0.4, -0.2) is 55.4 Å². The van der Waals surface area contributed by atoms with E-state index in [0.29, 0.717) is 6.54 Å². The fourth-order valence-electron chi connectivity index (χ4n) is 1.48. The van der Waals surface area contributed by atoms with Gasteiger partial charge in [0.25, 0.3) is 0 Å². The maximum absolute atomic E-state index is 11.3. The molecule has 3 atom stereocenters. The molecule has 1 amide bonds. The Bertz CT molecular complexity index is 213. The van der Waals surface area contributed by atoms with Crippen LogP contribution in [0.1, 0.15) is 13.8 Å². The molecule has 0 aromatic rings. The fourth-order valence-corrected chi connectivity index (χ4v) is 1.48. The Hall–Kier alpha value is -0.690. The van der Waals surface area contributed by atoms with E-state index < -0.39 is 6.10 Å². The SMILES string of the molecule is COCC(O)CN(C)C(C)C(C)C(=O)NN. The van der Waals surface area contributed by atoms with Crippen LogP contribution in [0.5, 0.6) is 0 Å². The van der Waals surface area contributed by atoms with Gasteiger partial charge in [0.2, 0.25) is 5.91 Å². The molecule has 0 radical (unpaired) electrons. The number of nitrogens with zero attached hydrogens (tertiary/aromatic N) is 1.